The number of carbonyl (C=O) groups excluding carboxylic acids is 1. The SMILES string of the molecule is O=C(Nc1ccc(N2CCC(F)(F)CC2)nn1)Nc1c[nH]c2ccccc12. The van der Waals surface area contributed by atoms with E-state index in [-0.39, 0.29) is 31.7 Å². The highest BCUT2D eigenvalue weighted by Gasteiger charge is 2.34. The van der Waals surface area contributed by atoms with Gasteiger partial charge in [-0.05, 0) is 18.2 Å². The molecule has 2 aromatic heterocycles. The zero-order chi connectivity index (χ0) is 18.9. The third-order valence-corrected chi connectivity index (χ3v) is 4.55. The van der Waals surface area contributed by atoms with Crippen molar-refractivity contribution in [1.29, 1.82) is 0 Å². The number of carbonyl (C=O) groups is 1. The number of para-hydroxylation sites is 1. The molecule has 4 rings (SSSR count). The lowest BCUT2D eigenvalue weighted by atomic mass is 10.1. The first-order valence-corrected chi connectivity index (χ1v) is 8.61. The summed E-state index contributed by atoms with van der Waals surface area (Å²) in [6.45, 7) is 0.463. The van der Waals surface area contributed by atoms with Crippen LogP contribution in [0.2, 0.25) is 0 Å². The smallest absolute Gasteiger partial charge is 0.324 e. The molecule has 0 spiro atoms. The number of hydrogen-bond acceptors (Lipinski definition) is 4. The molecule has 3 heterocycles. The number of amides is 2. The fourth-order valence-electron chi connectivity index (χ4n) is 3.07. The van der Waals surface area contributed by atoms with E-state index < -0.39 is 12.0 Å². The molecule has 0 atom stereocenters. The summed E-state index contributed by atoms with van der Waals surface area (Å²) in [6, 6.07) is 10.4. The largest absolute Gasteiger partial charge is 0.359 e. The highest BCUT2D eigenvalue weighted by Crippen LogP contribution is 2.29. The van der Waals surface area contributed by atoms with Gasteiger partial charge >= 0.3 is 6.03 Å². The molecule has 0 radical (unpaired) electrons. The summed E-state index contributed by atoms with van der Waals surface area (Å²) in [5.41, 5.74) is 1.57. The van der Waals surface area contributed by atoms with Gasteiger partial charge in [0, 0.05) is 43.0 Å². The van der Waals surface area contributed by atoms with E-state index in [1.54, 1.807) is 23.2 Å². The summed E-state index contributed by atoms with van der Waals surface area (Å²) >= 11 is 0. The van der Waals surface area contributed by atoms with Crippen molar-refractivity contribution in [3.63, 3.8) is 0 Å². The van der Waals surface area contributed by atoms with Gasteiger partial charge in [-0.25, -0.2) is 13.6 Å². The molecule has 0 saturated carbocycles. The van der Waals surface area contributed by atoms with E-state index in [4.69, 9.17) is 0 Å². The van der Waals surface area contributed by atoms with Crippen molar-refractivity contribution in [2.24, 2.45) is 0 Å². The van der Waals surface area contributed by atoms with Crippen molar-refractivity contribution in [2.45, 2.75) is 18.8 Å². The van der Waals surface area contributed by atoms with E-state index in [1.807, 2.05) is 24.3 Å². The Morgan fingerprint density at radius 3 is 2.59 bits per heavy atom. The van der Waals surface area contributed by atoms with Crippen molar-refractivity contribution in [3.05, 3.63) is 42.6 Å². The molecule has 3 N–H and O–H groups in total. The molecule has 3 aromatic rings. The molecule has 1 saturated heterocycles. The Morgan fingerprint density at radius 2 is 1.85 bits per heavy atom. The van der Waals surface area contributed by atoms with Crippen LogP contribution in [0.15, 0.2) is 42.6 Å². The summed E-state index contributed by atoms with van der Waals surface area (Å²) in [4.78, 5) is 17.0. The van der Waals surface area contributed by atoms with Crippen LogP contribution >= 0.6 is 0 Å². The Balaban J connectivity index is 1.37. The van der Waals surface area contributed by atoms with Gasteiger partial charge in [-0.3, -0.25) is 5.32 Å². The molecule has 140 valence electrons. The molecular weight excluding hydrogens is 354 g/mol. The summed E-state index contributed by atoms with van der Waals surface area (Å²) in [5, 5.41) is 14.3. The van der Waals surface area contributed by atoms with Gasteiger partial charge < -0.3 is 15.2 Å². The van der Waals surface area contributed by atoms with E-state index in [1.165, 1.54) is 0 Å². The van der Waals surface area contributed by atoms with Gasteiger partial charge in [0.05, 0.1) is 5.69 Å². The monoisotopic (exact) mass is 372 g/mol. The standard InChI is InChI=1S/C18H18F2N6O/c19-18(20)7-9-26(10-8-18)16-6-5-15(24-25-16)23-17(27)22-14-11-21-13-4-2-1-3-12(13)14/h1-6,11,21H,7-10H2,(H2,22,23,24,27). The maximum Gasteiger partial charge on any atom is 0.324 e. The molecule has 2 amide bonds. The predicted molar refractivity (Wildman–Crippen MR) is 99.4 cm³/mol. The third kappa shape index (κ3) is 3.81. The molecule has 7 nitrogen and oxygen atoms in total. The second kappa shape index (κ2) is 6.82. The Labute approximate surface area is 153 Å². The highest BCUT2D eigenvalue weighted by atomic mass is 19.3. The first-order chi connectivity index (χ1) is 13.0. The molecule has 1 aromatic carbocycles. The number of hydrogen-bond donors (Lipinski definition) is 3. The van der Waals surface area contributed by atoms with Gasteiger partial charge in [-0.1, -0.05) is 18.2 Å². The first kappa shape index (κ1) is 17.2. The topological polar surface area (TPSA) is 85.9 Å². The fourth-order valence-corrected chi connectivity index (χ4v) is 3.07. The molecular formula is C18H18F2N6O. The van der Waals surface area contributed by atoms with Gasteiger partial charge in [0.25, 0.3) is 5.92 Å². The number of nitrogens with one attached hydrogen (secondary N) is 3. The Bertz CT molecular complexity index is 946. The number of H-pyrrole nitrogens is 1. The lowest BCUT2D eigenvalue weighted by Crippen LogP contribution is -2.39. The van der Waals surface area contributed by atoms with Crippen LogP contribution in [0.5, 0.6) is 0 Å². The van der Waals surface area contributed by atoms with Gasteiger partial charge in [0.2, 0.25) is 0 Å². The van der Waals surface area contributed by atoms with E-state index in [2.05, 4.69) is 25.8 Å². The molecule has 1 aliphatic heterocycles. The van der Waals surface area contributed by atoms with Crippen LogP contribution in [0, 0.1) is 0 Å². The highest BCUT2D eigenvalue weighted by molar-refractivity contribution is 6.05. The first-order valence-electron chi connectivity index (χ1n) is 8.61. The molecule has 0 aliphatic carbocycles. The average Bonchev–Trinajstić information content (AvgIpc) is 3.05. The summed E-state index contributed by atoms with van der Waals surface area (Å²) in [7, 11) is 0. The molecule has 0 bridgehead atoms. The maximum absolute atomic E-state index is 13.2. The lowest BCUT2D eigenvalue weighted by molar-refractivity contribution is -0.0221. The Hall–Kier alpha value is -3.23. The second-order valence-corrected chi connectivity index (χ2v) is 6.45. The van der Waals surface area contributed by atoms with Gasteiger partial charge in [0.1, 0.15) is 0 Å². The normalized spacial score (nSPS) is 16.3. The summed E-state index contributed by atoms with van der Waals surface area (Å²) in [5.74, 6) is -1.81. The molecule has 1 fully saturated rings. The maximum atomic E-state index is 13.2. The number of rotatable bonds is 3. The van der Waals surface area contributed by atoms with Gasteiger partial charge in [-0.15, -0.1) is 10.2 Å². The van der Waals surface area contributed by atoms with Crippen LogP contribution in [0.3, 0.4) is 0 Å². The number of alkyl halides is 2. The van der Waals surface area contributed by atoms with Crippen LogP contribution in [-0.4, -0.2) is 40.2 Å². The summed E-state index contributed by atoms with van der Waals surface area (Å²) in [6.07, 6.45) is 1.33. The van der Waals surface area contributed by atoms with Crippen LogP contribution in [-0.2, 0) is 0 Å². The van der Waals surface area contributed by atoms with E-state index in [0.29, 0.717) is 11.5 Å². The lowest BCUT2D eigenvalue weighted by Gasteiger charge is -2.32. The number of anilines is 3. The third-order valence-electron chi connectivity index (χ3n) is 4.55. The minimum absolute atomic E-state index is 0.193. The van der Waals surface area contributed by atoms with Crippen molar-refractivity contribution >= 4 is 34.3 Å². The minimum Gasteiger partial charge on any atom is -0.359 e. The number of halogens is 2. The van der Waals surface area contributed by atoms with Crippen LogP contribution in [0.4, 0.5) is 30.9 Å². The van der Waals surface area contributed by atoms with Crippen molar-refractivity contribution < 1.29 is 13.6 Å². The number of aromatic amines is 1. The number of benzene rings is 1. The zero-order valence-electron chi connectivity index (χ0n) is 14.4. The number of piperidine rings is 1. The average molecular weight is 372 g/mol. The number of fused-ring (bicyclic) bond motifs is 1. The van der Waals surface area contributed by atoms with Crippen molar-refractivity contribution in [3.8, 4) is 0 Å². The van der Waals surface area contributed by atoms with Gasteiger partial charge in [-0.2, -0.15) is 0 Å². The van der Waals surface area contributed by atoms with E-state index in [0.717, 1.165) is 10.9 Å². The zero-order valence-corrected chi connectivity index (χ0v) is 14.4. The van der Waals surface area contributed by atoms with Crippen LogP contribution < -0.4 is 15.5 Å². The van der Waals surface area contributed by atoms with E-state index >= 15 is 0 Å². The quantitative estimate of drug-likeness (QED) is 0.652. The molecule has 1 aliphatic rings. The van der Waals surface area contributed by atoms with Crippen molar-refractivity contribution in [2.75, 3.05) is 28.6 Å². The number of nitrogens with zero attached hydrogens (tertiary/aromatic N) is 3. The Kier molecular flexibility index (Phi) is 4.35. The second-order valence-electron chi connectivity index (χ2n) is 6.45. The number of urea groups is 1. The predicted octanol–water partition coefficient (Wildman–Crippen LogP) is 3.84. The number of aromatic nitrogens is 3. The minimum atomic E-state index is -2.61. The van der Waals surface area contributed by atoms with Crippen LogP contribution in [0.25, 0.3) is 10.9 Å². The van der Waals surface area contributed by atoms with E-state index in [9.17, 15) is 13.6 Å². The molecule has 9 heteroatoms. The fraction of sp³-hybridized carbons (Fsp3) is 0.278. The van der Waals surface area contributed by atoms with Gasteiger partial charge in [0.15, 0.2) is 11.6 Å². The molecule has 27 heavy (non-hydrogen) atoms. The van der Waals surface area contributed by atoms with Crippen LogP contribution in [0.1, 0.15) is 12.8 Å². The molecule has 0 unspecified atom stereocenters. The van der Waals surface area contributed by atoms with Crippen molar-refractivity contribution in [1.82, 2.24) is 15.2 Å². The Morgan fingerprint density at radius 1 is 1.07 bits per heavy atom. The summed E-state index contributed by atoms with van der Waals surface area (Å²) < 4.78 is 26.5.